The number of nitriles is 1. The van der Waals surface area contributed by atoms with Gasteiger partial charge in [0.25, 0.3) is 5.91 Å². The van der Waals surface area contributed by atoms with Crippen LogP contribution >= 0.6 is 27.3 Å². The van der Waals surface area contributed by atoms with Gasteiger partial charge < -0.3 is 4.74 Å². The number of nitrogens with one attached hydrogen (secondary N) is 1. The predicted molar refractivity (Wildman–Crippen MR) is 123 cm³/mol. The lowest BCUT2D eigenvalue weighted by atomic mass is 10.1. The van der Waals surface area contributed by atoms with Crippen molar-refractivity contribution in [3.8, 4) is 11.8 Å². The van der Waals surface area contributed by atoms with Crippen LogP contribution in [0.5, 0.6) is 5.75 Å². The molecule has 0 aliphatic carbocycles. The molecule has 3 rings (SSSR count). The Morgan fingerprint density at radius 1 is 1.23 bits per heavy atom. The van der Waals surface area contributed by atoms with Crippen molar-refractivity contribution in [2.24, 2.45) is 0 Å². The number of halogens is 1. The van der Waals surface area contributed by atoms with E-state index in [2.05, 4.69) is 32.8 Å². The second-order valence-electron chi connectivity index (χ2n) is 6.23. The molecule has 1 heterocycles. The molecule has 5 nitrogen and oxygen atoms in total. The van der Waals surface area contributed by atoms with Crippen LogP contribution in [0.3, 0.4) is 0 Å². The number of ether oxygens (including phenoxy) is 1. The van der Waals surface area contributed by atoms with Crippen molar-refractivity contribution in [3.05, 3.63) is 93.4 Å². The van der Waals surface area contributed by atoms with Crippen LogP contribution in [0.15, 0.2) is 77.4 Å². The molecule has 1 amide bonds. The van der Waals surface area contributed by atoms with Gasteiger partial charge in [0.05, 0.1) is 0 Å². The molecule has 0 aliphatic rings. The lowest BCUT2D eigenvalue weighted by molar-refractivity contribution is -0.112. The summed E-state index contributed by atoms with van der Waals surface area (Å²) in [6.45, 7) is 4.02. The summed E-state index contributed by atoms with van der Waals surface area (Å²) in [6.07, 6.45) is 5.65. The summed E-state index contributed by atoms with van der Waals surface area (Å²) in [4.78, 5) is 17.8. The maximum Gasteiger partial charge on any atom is 0.268 e. The van der Waals surface area contributed by atoms with Gasteiger partial charge in [0, 0.05) is 22.0 Å². The van der Waals surface area contributed by atoms with Crippen LogP contribution in [0, 0.1) is 11.3 Å². The van der Waals surface area contributed by atoms with Crippen molar-refractivity contribution < 1.29 is 9.53 Å². The molecule has 0 unspecified atom stereocenters. The fourth-order valence-corrected chi connectivity index (χ4v) is 3.65. The fourth-order valence-electron chi connectivity index (χ4n) is 2.55. The molecule has 2 aromatic carbocycles. The quantitative estimate of drug-likeness (QED) is 0.259. The van der Waals surface area contributed by atoms with Gasteiger partial charge in [-0.3, -0.25) is 10.1 Å². The number of thiazole rings is 1. The van der Waals surface area contributed by atoms with Gasteiger partial charge in [-0.2, -0.15) is 5.26 Å². The highest BCUT2D eigenvalue weighted by Gasteiger charge is 2.12. The smallest absolute Gasteiger partial charge is 0.268 e. The van der Waals surface area contributed by atoms with Gasteiger partial charge in [0.1, 0.15) is 24.0 Å². The van der Waals surface area contributed by atoms with E-state index in [0.29, 0.717) is 17.5 Å². The minimum absolute atomic E-state index is 0.000538. The van der Waals surface area contributed by atoms with Crippen LogP contribution in [0.1, 0.15) is 16.0 Å². The van der Waals surface area contributed by atoms with Crippen LogP contribution in [0.25, 0.3) is 6.08 Å². The van der Waals surface area contributed by atoms with Crippen LogP contribution in [0.4, 0.5) is 5.13 Å². The van der Waals surface area contributed by atoms with Crippen molar-refractivity contribution in [1.82, 2.24) is 4.98 Å². The van der Waals surface area contributed by atoms with Gasteiger partial charge in [0.2, 0.25) is 0 Å². The van der Waals surface area contributed by atoms with E-state index in [1.807, 2.05) is 30.3 Å². The van der Waals surface area contributed by atoms with Gasteiger partial charge in [-0.25, -0.2) is 4.98 Å². The number of anilines is 1. The number of benzene rings is 2. The van der Waals surface area contributed by atoms with Crippen LogP contribution < -0.4 is 10.1 Å². The van der Waals surface area contributed by atoms with Gasteiger partial charge in [-0.15, -0.1) is 11.3 Å². The Bertz CT molecular complexity index is 1100. The topological polar surface area (TPSA) is 75.0 Å². The first-order chi connectivity index (χ1) is 14.6. The van der Waals surface area contributed by atoms with E-state index < -0.39 is 5.91 Å². The highest BCUT2D eigenvalue weighted by Crippen LogP contribution is 2.23. The number of hydrogen-bond acceptors (Lipinski definition) is 5. The molecule has 7 heteroatoms. The average Bonchev–Trinajstić information content (AvgIpc) is 3.19. The summed E-state index contributed by atoms with van der Waals surface area (Å²) < 4.78 is 6.45. The molecule has 0 atom stereocenters. The predicted octanol–water partition coefficient (Wildman–Crippen LogP) is 5.61. The average molecular weight is 480 g/mol. The molecule has 1 N–H and O–H groups in total. The highest BCUT2D eigenvalue weighted by atomic mass is 79.9. The highest BCUT2D eigenvalue weighted by molar-refractivity contribution is 9.10. The third-order valence-electron chi connectivity index (χ3n) is 3.99. The monoisotopic (exact) mass is 479 g/mol. The Morgan fingerprint density at radius 3 is 2.63 bits per heavy atom. The SMILES string of the molecule is C=CCOc1ccc(/C=C(/C#N)C(=O)Nc2ncc(Cc3ccc(Br)cc3)s2)cc1. The number of rotatable bonds is 8. The summed E-state index contributed by atoms with van der Waals surface area (Å²) in [6, 6.07) is 17.1. The molecule has 3 aromatic rings. The summed E-state index contributed by atoms with van der Waals surface area (Å²) >= 11 is 4.81. The van der Waals surface area contributed by atoms with Crippen molar-refractivity contribution in [1.29, 1.82) is 5.26 Å². The molecule has 0 bridgehead atoms. The van der Waals surface area contributed by atoms with Crippen LogP contribution in [0.2, 0.25) is 0 Å². The third kappa shape index (κ3) is 6.14. The number of carbonyl (C=O) groups is 1. The van der Waals surface area contributed by atoms with E-state index >= 15 is 0 Å². The third-order valence-corrected chi connectivity index (χ3v) is 5.43. The summed E-state index contributed by atoms with van der Waals surface area (Å²) in [5.74, 6) is 0.199. The number of amides is 1. The molecule has 1 aromatic heterocycles. The molecule has 0 saturated heterocycles. The van der Waals surface area contributed by atoms with E-state index in [9.17, 15) is 10.1 Å². The molecule has 150 valence electrons. The normalized spacial score (nSPS) is 10.9. The van der Waals surface area contributed by atoms with Gasteiger partial charge in [-0.05, 0) is 41.5 Å². The van der Waals surface area contributed by atoms with Crippen molar-refractivity contribution in [3.63, 3.8) is 0 Å². The van der Waals surface area contributed by atoms with E-state index in [4.69, 9.17) is 4.74 Å². The maximum atomic E-state index is 12.5. The molecule has 0 radical (unpaired) electrons. The Balaban J connectivity index is 1.64. The first-order valence-electron chi connectivity index (χ1n) is 9.03. The largest absolute Gasteiger partial charge is 0.490 e. The number of carbonyl (C=O) groups excluding carboxylic acids is 1. The summed E-state index contributed by atoms with van der Waals surface area (Å²) in [5, 5.41) is 12.6. The maximum absolute atomic E-state index is 12.5. The van der Waals surface area contributed by atoms with E-state index in [-0.39, 0.29) is 5.57 Å². The molecular weight excluding hydrogens is 462 g/mol. The Labute approximate surface area is 187 Å². The zero-order valence-electron chi connectivity index (χ0n) is 16.0. The number of nitrogens with zero attached hydrogens (tertiary/aromatic N) is 2. The first kappa shape index (κ1) is 21.5. The van der Waals surface area contributed by atoms with Crippen molar-refractivity contribution in [2.75, 3.05) is 11.9 Å². The second kappa shape index (κ2) is 10.5. The lowest BCUT2D eigenvalue weighted by Crippen LogP contribution is -2.13. The van der Waals surface area contributed by atoms with Gasteiger partial charge in [0.15, 0.2) is 5.13 Å². The van der Waals surface area contributed by atoms with Gasteiger partial charge in [-0.1, -0.05) is 52.9 Å². The van der Waals surface area contributed by atoms with Crippen molar-refractivity contribution in [2.45, 2.75) is 6.42 Å². The zero-order valence-corrected chi connectivity index (χ0v) is 18.4. The Hall–Kier alpha value is -3.21. The van der Waals surface area contributed by atoms with Crippen LogP contribution in [-0.2, 0) is 11.2 Å². The van der Waals surface area contributed by atoms with Crippen LogP contribution in [-0.4, -0.2) is 17.5 Å². The molecule has 0 spiro atoms. The van der Waals surface area contributed by atoms with E-state index in [1.54, 1.807) is 36.5 Å². The lowest BCUT2D eigenvalue weighted by Gasteiger charge is -2.03. The summed E-state index contributed by atoms with van der Waals surface area (Å²) in [7, 11) is 0. The zero-order chi connectivity index (χ0) is 21.3. The fraction of sp³-hybridized carbons (Fsp3) is 0.0870. The number of hydrogen-bond donors (Lipinski definition) is 1. The minimum atomic E-state index is -0.492. The van der Waals surface area contributed by atoms with Gasteiger partial charge >= 0.3 is 0 Å². The standard InChI is InChI=1S/C23H18BrN3O2S/c1-2-11-29-20-9-5-16(6-10-20)12-18(14-25)22(28)27-23-26-15-21(30-23)13-17-3-7-19(24)8-4-17/h2-10,12,15H,1,11,13H2,(H,26,27,28)/b18-12-. The van der Waals surface area contributed by atoms with Crippen molar-refractivity contribution >= 4 is 44.4 Å². The first-order valence-corrected chi connectivity index (χ1v) is 10.6. The van der Waals surface area contributed by atoms with E-state index in [1.165, 1.54) is 17.4 Å². The Kier molecular flexibility index (Phi) is 7.55. The molecular formula is C23H18BrN3O2S. The molecule has 0 fully saturated rings. The summed E-state index contributed by atoms with van der Waals surface area (Å²) in [5.41, 5.74) is 1.87. The molecule has 0 saturated carbocycles. The molecule has 0 aliphatic heterocycles. The molecule has 30 heavy (non-hydrogen) atoms. The minimum Gasteiger partial charge on any atom is -0.490 e. The Morgan fingerprint density at radius 2 is 1.97 bits per heavy atom. The number of aromatic nitrogens is 1. The van der Waals surface area contributed by atoms with E-state index in [0.717, 1.165) is 26.9 Å². The second-order valence-corrected chi connectivity index (χ2v) is 8.26.